The SMILES string of the molecule is CC1(CI)CCOOC2(CCCCCCCCCCC2)OOCCCCCCOO1. The lowest BCUT2D eigenvalue weighted by atomic mass is 9.97. The molecule has 1 spiro atoms. The molecule has 1 saturated carbocycles. The number of alkyl halides is 1. The normalized spacial score (nSPS) is 30.2. The van der Waals surface area contributed by atoms with E-state index < -0.39 is 11.4 Å². The van der Waals surface area contributed by atoms with E-state index in [-0.39, 0.29) is 0 Å². The Morgan fingerprint density at radius 1 is 0.533 bits per heavy atom. The van der Waals surface area contributed by atoms with E-state index in [0.717, 1.165) is 55.8 Å². The first-order valence-electron chi connectivity index (χ1n) is 12.2. The molecule has 0 aromatic rings. The molecule has 2 aliphatic rings. The van der Waals surface area contributed by atoms with Gasteiger partial charge in [-0.2, -0.15) is 9.78 Å². The van der Waals surface area contributed by atoms with Gasteiger partial charge in [0.25, 0.3) is 0 Å². The minimum absolute atomic E-state index is 0.391. The van der Waals surface area contributed by atoms with E-state index in [1.165, 1.54) is 44.9 Å². The maximum Gasteiger partial charge on any atom is 0.233 e. The quantitative estimate of drug-likeness (QED) is 0.202. The van der Waals surface area contributed by atoms with Crippen LogP contribution in [-0.2, 0) is 29.3 Å². The van der Waals surface area contributed by atoms with Crippen molar-refractivity contribution in [3.63, 3.8) is 0 Å². The van der Waals surface area contributed by atoms with Crippen LogP contribution < -0.4 is 0 Å². The number of rotatable bonds is 1. The molecule has 1 aliphatic carbocycles. The molecule has 1 aliphatic heterocycles. The first kappa shape index (κ1) is 26.7. The van der Waals surface area contributed by atoms with Crippen LogP contribution in [0.3, 0.4) is 0 Å². The molecular weight excluding hydrogens is 499 g/mol. The van der Waals surface area contributed by atoms with Crippen molar-refractivity contribution in [3.05, 3.63) is 0 Å². The van der Waals surface area contributed by atoms with Gasteiger partial charge in [0, 0.05) is 23.7 Å². The molecule has 7 heteroatoms. The second-order valence-corrected chi connectivity index (χ2v) is 9.82. The summed E-state index contributed by atoms with van der Waals surface area (Å²) < 4.78 is 0.818. The highest BCUT2D eigenvalue weighted by Crippen LogP contribution is 2.31. The smallest absolute Gasteiger partial charge is 0.233 e. The summed E-state index contributed by atoms with van der Waals surface area (Å²) >= 11 is 2.33. The molecule has 2 rings (SSSR count). The summed E-state index contributed by atoms with van der Waals surface area (Å²) in [6, 6.07) is 0. The lowest BCUT2D eigenvalue weighted by Crippen LogP contribution is -2.38. The Labute approximate surface area is 196 Å². The Bertz CT molecular complexity index is 412. The highest BCUT2D eigenvalue weighted by Gasteiger charge is 2.35. The standard InChI is InChI=1S/C23H43IO6/c1-22(21-24)17-20-27-30-23(29-26-19-14-10-9-13-18-25-28-22)15-11-7-5-3-2-4-6-8-12-16-23/h2-21H2,1H3. The molecule has 0 N–H and O–H groups in total. The Morgan fingerprint density at radius 3 is 1.50 bits per heavy atom. The Morgan fingerprint density at radius 2 is 0.967 bits per heavy atom. The van der Waals surface area contributed by atoms with Crippen molar-refractivity contribution in [2.75, 3.05) is 24.2 Å². The molecule has 1 saturated heterocycles. The van der Waals surface area contributed by atoms with E-state index in [4.69, 9.17) is 29.3 Å². The summed E-state index contributed by atoms with van der Waals surface area (Å²) in [6.45, 7) is 3.67. The fourth-order valence-electron chi connectivity index (χ4n) is 3.88. The van der Waals surface area contributed by atoms with Crippen molar-refractivity contribution in [3.8, 4) is 0 Å². The maximum atomic E-state index is 5.97. The van der Waals surface area contributed by atoms with Gasteiger partial charge in [-0.1, -0.05) is 80.4 Å². The second-order valence-electron chi connectivity index (χ2n) is 9.06. The monoisotopic (exact) mass is 542 g/mol. The van der Waals surface area contributed by atoms with Gasteiger partial charge in [0.05, 0.1) is 19.8 Å². The van der Waals surface area contributed by atoms with Crippen LogP contribution in [0.2, 0.25) is 0 Å². The van der Waals surface area contributed by atoms with E-state index >= 15 is 0 Å². The zero-order valence-electron chi connectivity index (χ0n) is 19.0. The first-order chi connectivity index (χ1) is 14.7. The lowest BCUT2D eigenvalue weighted by molar-refractivity contribution is -0.516. The summed E-state index contributed by atoms with van der Waals surface area (Å²) in [5.74, 6) is -0.811. The lowest BCUT2D eigenvalue weighted by Gasteiger charge is -2.32. The number of halogens is 1. The van der Waals surface area contributed by atoms with Crippen LogP contribution >= 0.6 is 22.6 Å². The van der Waals surface area contributed by atoms with Crippen LogP contribution in [0.15, 0.2) is 0 Å². The maximum absolute atomic E-state index is 5.97. The van der Waals surface area contributed by atoms with Gasteiger partial charge >= 0.3 is 0 Å². The summed E-state index contributed by atoms with van der Waals surface area (Å²) in [5.41, 5.74) is -0.391. The van der Waals surface area contributed by atoms with Crippen molar-refractivity contribution in [1.82, 2.24) is 0 Å². The van der Waals surface area contributed by atoms with Gasteiger partial charge in [-0.05, 0) is 32.6 Å². The summed E-state index contributed by atoms with van der Waals surface area (Å²) in [7, 11) is 0. The molecule has 1 heterocycles. The largest absolute Gasteiger partial charge is 0.236 e. The van der Waals surface area contributed by atoms with Crippen LogP contribution in [0.25, 0.3) is 0 Å². The highest BCUT2D eigenvalue weighted by atomic mass is 127. The number of hydrogen-bond donors (Lipinski definition) is 0. The van der Waals surface area contributed by atoms with E-state index in [9.17, 15) is 0 Å². The van der Waals surface area contributed by atoms with Crippen LogP contribution in [-0.4, -0.2) is 35.6 Å². The average molecular weight is 542 g/mol. The molecule has 1 atom stereocenters. The van der Waals surface area contributed by atoms with Crippen molar-refractivity contribution in [2.24, 2.45) is 0 Å². The predicted molar refractivity (Wildman–Crippen MR) is 125 cm³/mol. The van der Waals surface area contributed by atoms with Gasteiger partial charge in [-0.15, -0.1) is 0 Å². The van der Waals surface area contributed by atoms with Crippen LogP contribution in [0.5, 0.6) is 0 Å². The molecule has 30 heavy (non-hydrogen) atoms. The third kappa shape index (κ3) is 11.4. The van der Waals surface area contributed by atoms with Crippen molar-refractivity contribution in [1.29, 1.82) is 0 Å². The third-order valence-electron chi connectivity index (χ3n) is 6.00. The van der Waals surface area contributed by atoms with Crippen molar-refractivity contribution >= 4 is 22.6 Å². The highest BCUT2D eigenvalue weighted by molar-refractivity contribution is 14.1. The molecule has 178 valence electrons. The Balaban J connectivity index is 1.97. The van der Waals surface area contributed by atoms with E-state index in [2.05, 4.69) is 29.5 Å². The summed E-state index contributed by atoms with van der Waals surface area (Å²) in [6.07, 6.45) is 17.5. The van der Waals surface area contributed by atoms with Crippen LogP contribution in [0, 0.1) is 0 Å². The predicted octanol–water partition coefficient (Wildman–Crippen LogP) is 6.99. The van der Waals surface area contributed by atoms with Gasteiger partial charge in [-0.25, -0.2) is 19.6 Å². The fourth-order valence-corrected chi connectivity index (χ4v) is 4.39. The van der Waals surface area contributed by atoms with Crippen molar-refractivity contribution < 1.29 is 29.3 Å². The molecule has 0 bridgehead atoms. The van der Waals surface area contributed by atoms with Gasteiger partial charge in [0.15, 0.2) is 0 Å². The average Bonchev–Trinajstić information content (AvgIpc) is 2.74. The molecule has 0 amide bonds. The van der Waals surface area contributed by atoms with E-state index in [1.807, 2.05) is 0 Å². The second kappa shape index (κ2) is 16.2. The summed E-state index contributed by atoms with van der Waals surface area (Å²) in [5, 5.41) is 0. The topological polar surface area (TPSA) is 55.4 Å². The van der Waals surface area contributed by atoms with E-state index in [0.29, 0.717) is 26.2 Å². The van der Waals surface area contributed by atoms with Gasteiger partial charge in [-0.3, -0.25) is 0 Å². The molecule has 6 nitrogen and oxygen atoms in total. The molecule has 0 radical (unpaired) electrons. The van der Waals surface area contributed by atoms with Gasteiger partial charge in [0.2, 0.25) is 5.79 Å². The molecule has 0 aromatic carbocycles. The Hall–Kier alpha value is 0.490. The minimum Gasteiger partial charge on any atom is -0.236 e. The minimum atomic E-state index is -0.811. The fraction of sp³-hybridized carbons (Fsp3) is 1.00. The zero-order chi connectivity index (χ0) is 21.4. The van der Waals surface area contributed by atoms with Crippen LogP contribution in [0.1, 0.15) is 110 Å². The molecular formula is C23H43IO6. The number of hydrogen-bond acceptors (Lipinski definition) is 6. The molecule has 1 unspecified atom stereocenters. The first-order valence-corrected chi connectivity index (χ1v) is 13.7. The van der Waals surface area contributed by atoms with E-state index in [1.54, 1.807) is 0 Å². The molecule has 2 fully saturated rings. The van der Waals surface area contributed by atoms with Crippen LogP contribution in [0.4, 0.5) is 0 Å². The zero-order valence-corrected chi connectivity index (χ0v) is 21.1. The summed E-state index contributed by atoms with van der Waals surface area (Å²) in [4.78, 5) is 34.5. The van der Waals surface area contributed by atoms with Gasteiger partial charge in [0.1, 0.15) is 5.60 Å². The molecule has 0 aromatic heterocycles. The third-order valence-corrected chi connectivity index (χ3v) is 7.61. The van der Waals surface area contributed by atoms with Crippen molar-refractivity contribution in [2.45, 2.75) is 121 Å². The Kier molecular flexibility index (Phi) is 14.4. The van der Waals surface area contributed by atoms with Gasteiger partial charge < -0.3 is 0 Å².